The van der Waals surface area contributed by atoms with E-state index in [-0.39, 0.29) is 11.3 Å². The van der Waals surface area contributed by atoms with Gasteiger partial charge in [-0.25, -0.2) is 5.43 Å². The summed E-state index contributed by atoms with van der Waals surface area (Å²) in [5.74, 6) is 0.750. The second-order valence-corrected chi connectivity index (χ2v) is 3.66. The van der Waals surface area contributed by atoms with Crippen molar-refractivity contribution in [2.24, 2.45) is 5.10 Å². The summed E-state index contributed by atoms with van der Waals surface area (Å²) < 4.78 is 5.24. The summed E-state index contributed by atoms with van der Waals surface area (Å²) in [5.41, 5.74) is 2.48. The second-order valence-electron chi connectivity index (χ2n) is 3.66. The van der Waals surface area contributed by atoms with Crippen molar-refractivity contribution in [2.45, 2.75) is 6.92 Å². The van der Waals surface area contributed by atoms with Crippen LogP contribution in [0, 0.1) is 6.92 Å². The van der Waals surface area contributed by atoms with Gasteiger partial charge in [0.2, 0.25) is 0 Å². The second kappa shape index (κ2) is 5.18. The van der Waals surface area contributed by atoms with E-state index in [1.165, 1.54) is 18.3 Å². The molecule has 0 saturated heterocycles. The molecule has 1 amide bonds. The largest absolute Gasteiger partial charge is 0.507 e. The molecule has 0 radical (unpaired) electrons. The molecule has 0 unspecified atom stereocenters. The molecule has 5 heteroatoms. The van der Waals surface area contributed by atoms with E-state index < -0.39 is 5.91 Å². The fourth-order valence-electron chi connectivity index (χ4n) is 1.40. The number of hydrogen-bond donors (Lipinski definition) is 2. The molecule has 18 heavy (non-hydrogen) atoms. The molecule has 0 aliphatic rings. The number of carbonyl (C=O) groups excluding carboxylic acids is 1. The monoisotopic (exact) mass is 244 g/mol. The Kier molecular flexibility index (Phi) is 3.43. The normalized spacial score (nSPS) is 10.7. The number of hydrazone groups is 1. The van der Waals surface area contributed by atoms with Gasteiger partial charge < -0.3 is 9.52 Å². The first-order valence-corrected chi connectivity index (χ1v) is 5.34. The van der Waals surface area contributed by atoms with E-state index in [1.54, 1.807) is 24.3 Å². The highest BCUT2D eigenvalue weighted by Gasteiger charge is 2.08. The number of para-hydroxylation sites is 1. The average molecular weight is 244 g/mol. The number of nitrogens with zero attached hydrogens (tertiary/aromatic N) is 1. The van der Waals surface area contributed by atoms with Gasteiger partial charge >= 0.3 is 0 Å². The van der Waals surface area contributed by atoms with Crippen molar-refractivity contribution in [1.29, 1.82) is 0 Å². The third kappa shape index (κ3) is 2.76. The number of carbonyl (C=O) groups is 1. The third-order valence-corrected chi connectivity index (χ3v) is 2.27. The van der Waals surface area contributed by atoms with Crippen LogP contribution in [-0.2, 0) is 0 Å². The Bertz CT molecular complexity index is 587. The third-order valence-electron chi connectivity index (χ3n) is 2.27. The first kappa shape index (κ1) is 11.9. The van der Waals surface area contributed by atoms with Gasteiger partial charge in [0.25, 0.3) is 5.91 Å². The fourth-order valence-corrected chi connectivity index (χ4v) is 1.40. The molecule has 2 aromatic rings. The molecule has 0 saturated carbocycles. The van der Waals surface area contributed by atoms with Crippen LogP contribution >= 0.6 is 0 Å². The molecule has 92 valence electrons. The molecule has 1 aromatic heterocycles. The molecule has 2 rings (SSSR count). The predicted octanol–water partition coefficient (Wildman–Crippen LogP) is 2.06. The summed E-state index contributed by atoms with van der Waals surface area (Å²) in [6.07, 6.45) is 1.39. The van der Waals surface area contributed by atoms with Crippen LogP contribution in [0.5, 0.6) is 5.75 Å². The average Bonchev–Trinajstić information content (AvgIpc) is 2.75. The number of benzene rings is 1. The first-order chi connectivity index (χ1) is 8.66. The lowest BCUT2D eigenvalue weighted by atomic mass is 10.2. The number of rotatable bonds is 3. The zero-order valence-corrected chi connectivity index (χ0v) is 9.75. The summed E-state index contributed by atoms with van der Waals surface area (Å²) in [4.78, 5) is 11.6. The van der Waals surface area contributed by atoms with Crippen LogP contribution in [0.25, 0.3) is 0 Å². The lowest BCUT2D eigenvalue weighted by Crippen LogP contribution is -2.17. The van der Waals surface area contributed by atoms with Crippen molar-refractivity contribution >= 4 is 12.1 Å². The van der Waals surface area contributed by atoms with Crippen LogP contribution < -0.4 is 5.43 Å². The van der Waals surface area contributed by atoms with Gasteiger partial charge in [0.05, 0.1) is 11.8 Å². The molecule has 0 fully saturated rings. The molecule has 0 atom stereocenters. The zero-order chi connectivity index (χ0) is 13.0. The van der Waals surface area contributed by atoms with E-state index in [4.69, 9.17) is 4.42 Å². The SMILES string of the molecule is Cc1ccc(/C=N\NC(=O)c2ccccc2O)o1. The molecular formula is C13H12N2O3. The quantitative estimate of drug-likeness (QED) is 0.641. The van der Waals surface area contributed by atoms with E-state index in [1.807, 2.05) is 6.92 Å². The fraction of sp³-hybridized carbons (Fsp3) is 0.0769. The van der Waals surface area contributed by atoms with Crippen molar-refractivity contribution in [3.63, 3.8) is 0 Å². The van der Waals surface area contributed by atoms with E-state index in [0.29, 0.717) is 5.76 Å². The number of nitrogens with one attached hydrogen (secondary N) is 1. The Labute approximate surface area is 104 Å². The van der Waals surface area contributed by atoms with Crippen LogP contribution in [-0.4, -0.2) is 17.2 Å². The highest BCUT2D eigenvalue weighted by atomic mass is 16.3. The van der Waals surface area contributed by atoms with Gasteiger partial charge in [0.1, 0.15) is 17.3 Å². The van der Waals surface area contributed by atoms with Crippen molar-refractivity contribution in [2.75, 3.05) is 0 Å². The Hall–Kier alpha value is -2.56. The van der Waals surface area contributed by atoms with Crippen LogP contribution in [0.4, 0.5) is 0 Å². The Morgan fingerprint density at radius 2 is 2.11 bits per heavy atom. The number of phenolic OH excluding ortho intramolecular Hbond substituents is 1. The van der Waals surface area contributed by atoms with Crippen LogP contribution in [0.15, 0.2) is 45.9 Å². The number of aryl methyl sites for hydroxylation is 1. The molecule has 0 spiro atoms. The molecule has 1 aromatic carbocycles. The summed E-state index contributed by atoms with van der Waals surface area (Å²) in [6.45, 7) is 1.82. The van der Waals surface area contributed by atoms with Gasteiger partial charge in [0.15, 0.2) is 0 Å². The smallest absolute Gasteiger partial charge is 0.275 e. The maximum Gasteiger partial charge on any atom is 0.275 e. The minimum absolute atomic E-state index is 0.0842. The standard InChI is InChI=1S/C13H12N2O3/c1-9-6-7-10(18-9)8-14-15-13(17)11-4-2-3-5-12(11)16/h2-8,16H,1H3,(H,15,17)/b14-8-. The van der Waals surface area contributed by atoms with E-state index >= 15 is 0 Å². The van der Waals surface area contributed by atoms with Gasteiger partial charge in [0, 0.05) is 0 Å². The summed E-state index contributed by atoms with van der Waals surface area (Å²) >= 11 is 0. The maximum absolute atomic E-state index is 11.6. The number of amides is 1. The Balaban J connectivity index is 2.01. The number of aromatic hydroxyl groups is 1. The highest BCUT2D eigenvalue weighted by Crippen LogP contribution is 2.14. The van der Waals surface area contributed by atoms with Crippen molar-refractivity contribution in [1.82, 2.24) is 5.43 Å². The van der Waals surface area contributed by atoms with Crippen LogP contribution in [0.2, 0.25) is 0 Å². The molecule has 5 nitrogen and oxygen atoms in total. The lowest BCUT2D eigenvalue weighted by molar-refractivity contribution is 0.0952. The minimum atomic E-state index is -0.479. The van der Waals surface area contributed by atoms with Gasteiger partial charge in [-0.1, -0.05) is 12.1 Å². The van der Waals surface area contributed by atoms with Gasteiger partial charge in [-0.05, 0) is 31.2 Å². The summed E-state index contributed by atoms with van der Waals surface area (Å²) in [7, 11) is 0. The lowest BCUT2D eigenvalue weighted by Gasteiger charge is -2.01. The van der Waals surface area contributed by atoms with Crippen LogP contribution in [0.3, 0.4) is 0 Å². The molecule has 0 aliphatic heterocycles. The first-order valence-electron chi connectivity index (χ1n) is 5.34. The van der Waals surface area contributed by atoms with Crippen molar-refractivity contribution in [3.05, 3.63) is 53.5 Å². The van der Waals surface area contributed by atoms with E-state index in [0.717, 1.165) is 5.76 Å². The minimum Gasteiger partial charge on any atom is -0.507 e. The molecular weight excluding hydrogens is 232 g/mol. The Morgan fingerprint density at radius 3 is 2.78 bits per heavy atom. The Morgan fingerprint density at radius 1 is 1.33 bits per heavy atom. The van der Waals surface area contributed by atoms with Gasteiger partial charge in [-0.2, -0.15) is 5.10 Å². The van der Waals surface area contributed by atoms with E-state index in [9.17, 15) is 9.90 Å². The zero-order valence-electron chi connectivity index (χ0n) is 9.75. The van der Waals surface area contributed by atoms with Crippen molar-refractivity contribution in [3.8, 4) is 5.75 Å². The highest BCUT2D eigenvalue weighted by molar-refractivity contribution is 5.97. The topological polar surface area (TPSA) is 74.8 Å². The van der Waals surface area contributed by atoms with Crippen LogP contribution in [0.1, 0.15) is 21.9 Å². The summed E-state index contributed by atoms with van der Waals surface area (Å²) in [6, 6.07) is 9.79. The predicted molar refractivity (Wildman–Crippen MR) is 66.6 cm³/mol. The molecule has 0 aliphatic carbocycles. The summed E-state index contributed by atoms with van der Waals surface area (Å²) in [5, 5.41) is 13.2. The number of hydrogen-bond acceptors (Lipinski definition) is 4. The number of phenols is 1. The van der Waals surface area contributed by atoms with Crippen molar-refractivity contribution < 1.29 is 14.3 Å². The molecule has 2 N–H and O–H groups in total. The van der Waals surface area contributed by atoms with Gasteiger partial charge in [-0.15, -0.1) is 0 Å². The number of furan rings is 1. The molecule has 0 bridgehead atoms. The molecule has 1 heterocycles. The maximum atomic E-state index is 11.6. The van der Waals surface area contributed by atoms with E-state index in [2.05, 4.69) is 10.5 Å². The van der Waals surface area contributed by atoms with Gasteiger partial charge in [-0.3, -0.25) is 4.79 Å².